The van der Waals surface area contributed by atoms with Crippen molar-refractivity contribution in [2.45, 2.75) is 19.1 Å². The molecule has 0 saturated heterocycles. The van der Waals surface area contributed by atoms with E-state index in [0.717, 1.165) is 11.5 Å². The molecule has 0 radical (unpaired) electrons. The first-order valence-corrected chi connectivity index (χ1v) is 8.68. The van der Waals surface area contributed by atoms with Crippen LogP contribution in [0.15, 0.2) is 42.5 Å². The highest BCUT2D eigenvalue weighted by atomic mass is 16.6. The molecule has 0 unspecified atom stereocenters. The summed E-state index contributed by atoms with van der Waals surface area (Å²) in [6.45, 7) is 3.73. The molecule has 0 aromatic heterocycles. The van der Waals surface area contributed by atoms with Crippen LogP contribution in [-0.4, -0.2) is 46.1 Å². The molecule has 3 rings (SSSR count). The van der Waals surface area contributed by atoms with Crippen LogP contribution in [-0.2, 0) is 0 Å². The largest absolute Gasteiger partial charge is 0.493 e. The lowest BCUT2D eigenvalue weighted by molar-refractivity contribution is 0.0656. The summed E-state index contributed by atoms with van der Waals surface area (Å²) in [4.78, 5) is 0. The lowest BCUT2D eigenvalue weighted by atomic mass is 10.1. The van der Waals surface area contributed by atoms with E-state index in [9.17, 15) is 0 Å². The first kappa shape index (κ1) is 18.2. The number of ether oxygens (including phenoxy) is 5. The highest BCUT2D eigenvalue weighted by molar-refractivity contribution is 5.51. The van der Waals surface area contributed by atoms with Gasteiger partial charge in [0.05, 0.1) is 14.2 Å². The molecule has 2 aromatic carbocycles. The van der Waals surface area contributed by atoms with Crippen LogP contribution in [0, 0.1) is 0 Å². The van der Waals surface area contributed by atoms with Gasteiger partial charge in [0.15, 0.2) is 23.0 Å². The van der Waals surface area contributed by atoms with Crippen LogP contribution in [0.5, 0.6) is 28.7 Å². The van der Waals surface area contributed by atoms with Crippen LogP contribution in [0.25, 0.3) is 0 Å². The van der Waals surface area contributed by atoms with Gasteiger partial charge in [-0.1, -0.05) is 18.2 Å². The molecule has 2 atom stereocenters. The van der Waals surface area contributed by atoms with Crippen molar-refractivity contribution >= 4 is 0 Å². The quantitative estimate of drug-likeness (QED) is 0.732. The Morgan fingerprint density at radius 1 is 1.04 bits per heavy atom. The van der Waals surface area contributed by atoms with Crippen molar-refractivity contribution < 1.29 is 23.7 Å². The minimum atomic E-state index is -0.0503. The predicted molar refractivity (Wildman–Crippen MR) is 98.9 cm³/mol. The summed E-state index contributed by atoms with van der Waals surface area (Å²) in [6, 6.07) is 13.4. The van der Waals surface area contributed by atoms with Gasteiger partial charge >= 0.3 is 0 Å². The van der Waals surface area contributed by atoms with Gasteiger partial charge in [-0.25, -0.2) is 0 Å². The summed E-state index contributed by atoms with van der Waals surface area (Å²) in [5.41, 5.74) is 0. The molecule has 1 N–H and O–H groups in total. The van der Waals surface area contributed by atoms with Gasteiger partial charge in [0.2, 0.25) is 5.75 Å². The zero-order valence-electron chi connectivity index (χ0n) is 15.4. The average Bonchev–Trinajstić information content (AvgIpc) is 2.70. The van der Waals surface area contributed by atoms with E-state index in [-0.39, 0.29) is 12.1 Å². The first-order valence-electron chi connectivity index (χ1n) is 8.68. The lowest BCUT2D eigenvalue weighted by Crippen LogP contribution is -2.47. The molecular formula is C20H25NO5. The lowest BCUT2D eigenvalue weighted by Gasteiger charge is -2.31. The molecule has 0 saturated carbocycles. The molecule has 0 bridgehead atoms. The van der Waals surface area contributed by atoms with Crippen LogP contribution in [0.2, 0.25) is 0 Å². The third-order valence-electron chi connectivity index (χ3n) is 4.29. The van der Waals surface area contributed by atoms with Gasteiger partial charge in [-0.3, -0.25) is 0 Å². The molecule has 0 amide bonds. The van der Waals surface area contributed by atoms with Crippen LogP contribution in [0.4, 0.5) is 0 Å². The maximum Gasteiger partial charge on any atom is 0.203 e. The summed E-state index contributed by atoms with van der Waals surface area (Å²) in [6.07, 6.45) is -0.0503. The number of rotatable bonds is 8. The van der Waals surface area contributed by atoms with E-state index < -0.39 is 0 Å². The number of benzene rings is 2. The molecule has 0 spiro atoms. The maximum atomic E-state index is 6.01. The van der Waals surface area contributed by atoms with Crippen molar-refractivity contribution in [3.05, 3.63) is 42.5 Å². The van der Waals surface area contributed by atoms with E-state index in [1.807, 2.05) is 42.5 Å². The van der Waals surface area contributed by atoms with Gasteiger partial charge in [0.25, 0.3) is 0 Å². The van der Waals surface area contributed by atoms with E-state index in [0.29, 0.717) is 37.0 Å². The monoisotopic (exact) mass is 359 g/mol. The van der Waals surface area contributed by atoms with Crippen LogP contribution >= 0.6 is 0 Å². The first-order chi connectivity index (χ1) is 12.7. The minimum absolute atomic E-state index is 0.0503. The van der Waals surface area contributed by atoms with Crippen molar-refractivity contribution in [1.29, 1.82) is 0 Å². The Balaban J connectivity index is 1.49. The Morgan fingerprint density at radius 2 is 1.73 bits per heavy atom. The third kappa shape index (κ3) is 4.14. The summed E-state index contributed by atoms with van der Waals surface area (Å²) in [5, 5.41) is 3.42. The summed E-state index contributed by atoms with van der Waals surface area (Å²) >= 11 is 0. The van der Waals surface area contributed by atoms with E-state index in [4.69, 9.17) is 23.7 Å². The standard InChI is InChI=1S/C20H25NO5/c1-14(19-13-25-15-7-4-5-8-16(15)26-19)21-11-12-24-20-17(22-2)9-6-10-18(20)23-3/h4-10,14,19,21H,11-13H2,1-3H3/t14-,19-/m0/s1. The molecule has 26 heavy (non-hydrogen) atoms. The SMILES string of the molecule is COc1cccc(OC)c1OCCN[C@@H](C)[C@@H]1COc2ccccc2O1. The van der Waals surface area contributed by atoms with Crippen LogP contribution in [0.1, 0.15) is 6.92 Å². The van der Waals surface area contributed by atoms with Crippen molar-refractivity contribution in [3.63, 3.8) is 0 Å². The zero-order valence-corrected chi connectivity index (χ0v) is 15.4. The Kier molecular flexibility index (Phi) is 6.07. The second-order valence-corrected chi connectivity index (χ2v) is 6.00. The zero-order chi connectivity index (χ0) is 18.4. The molecule has 0 fully saturated rings. The maximum absolute atomic E-state index is 6.01. The van der Waals surface area contributed by atoms with Gasteiger partial charge < -0.3 is 29.0 Å². The highest BCUT2D eigenvalue weighted by Gasteiger charge is 2.25. The Morgan fingerprint density at radius 3 is 2.42 bits per heavy atom. The van der Waals surface area contributed by atoms with Crippen molar-refractivity contribution in [1.82, 2.24) is 5.32 Å². The molecule has 140 valence electrons. The molecule has 1 heterocycles. The van der Waals surface area contributed by atoms with Crippen molar-refractivity contribution in [2.24, 2.45) is 0 Å². The fraction of sp³-hybridized carbons (Fsp3) is 0.400. The van der Waals surface area contributed by atoms with Gasteiger partial charge in [-0.05, 0) is 31.2 Å². The summed E-state index contributed by atoms with van der Waals surface area (Å²) in [7, 11) is 3.22. The van der Waals surface area contributed by atoms with Gasteiger partial charge in [-0.15, -0.1) is 0 Å². The highest BCUT2D eigenvalue weighted by Crippen LogP contribution is 2.36. The fourth-order valence-corrected chi connectivity index (χ4v) is 2.81. The summed E-state index contributed by atoms with van der Waals surface area (Å²) < 4.78 is 28.3. The number of hydrogen-bond acceptors (Lipinski definition) is 6. The number of nitrogens with one attached hydrogen (secondary N) is 1. The number of methoxy groups -OCH3 is 2. The number of hydrogen-bond donors (Lipinski definition) is 1. The molecular weight excluding hydrogens is 334 g/mol. The second kappa shape index (κ2) is 8.67. The molecule has 6 heteroatoms. The average molecular weight is 359 g/mol. The second-order valence-electron chi connectivity index (χ2n) is 6.00. The Hall–Kier alpha value is -2.60. The minimum Gasteiger partial charge on any atom is -0.493 e. The number of para-hydroxylation sites is 3. The van der Waals surface area contributed by atoms with Crippen LogP contribution in [0.3, 0.4) is 0 Å². The molecule has 2 aromatic rings. The van der Waals surface area contributed by atoms with E-state index in [1.165, 1.54) is 0 Å². The molecule has 1 aliphatic heterocycles. The van der Waals surface area contributed by atoms with E-state index in [1.54, 1.807) is 14.2 Å². The summed E-state index contributed by atoms with van der Waals surface area (Å²) in [5.74, 6) is 3.49. The number of fused-ring (bicyclic) bond motifs is 1. The van der Waals surface area contributed by atoms with Crippen LogP contribution < -0.4 is 29.0 Å². The van der Waals surface area contributed by atoms with E-state index in [2.05, 4.69) is 12.2 Å². The Bertz CT molecular complexity index is 699. The van der Waals surface area contributed by atoms with E-state index >= 15 is 0 Å². The predicted octanol–water partition coefficient (Wildman–Crippen LogP) is 2.90. The molecule has 0 aliphatic carbocycles. The van der Waals surface area contributed by atoms with Gasteiger partial charge in [0, 0.05) is 12.6 Å². The fourth-order valence-electron chi connectivity index (χ4n) is 2.81. The van der Waals surface area contributed by atoms with Gasteiger partial charge in [0.1, 0.15) is 19.3 Å². The molecule has 6 nitrogen and oxygen atoms in total. The van der Waals surface area contributed by atoms with Gasteiger partial charge in [-0.2, -0.15) is 0 Å². The normalized spacial score (nSPS) is 16.7. The molecule has 1 aliphatic rings. The smallest absolute Gasteiger partial charge is 0.203 e. The third-order valence-corrected chi connectivity index (χ3v) is 4.29. The Labute approximate surface area is 154 Å². The topological polar surface area (TPSA) is 58.2 Å². The van der Waals surface area contributed by atoms with Crippen molar-refractivity contribution in [2.75, 3.05) is 34.0 Å². The van der Waals surface area contributed by atoms with Crippen molar-refractivity contribution in [3.8, 4) is 28.7 Å².